The van der Waals surface area contributed by atoms with Gasteiger partial charge in [-0.2, -0.15) is 4.31 Å². The highest BCUT2D eigenvalue weighted by Crippen LogP contribution is 2.29. The lowest BCUT2D eigenvalue weighted by Gasteiger charge is -2.34. The number of amides is 1. The maximum absolute atomic E-state index is 12.9. The van der Waals surface area contributed by atoms with Crippen LogP contribution in [0.2, 0.25) is 0 Å². The summed E-state index contributed by atoms with van der Waals surface area (Å²) in [5.74, 6) is 0.630. The van der Waals surface area contributed by atoms with Crippen LogP contribution in [0.25, 0.3) is 0 Å². The van der Waals surface area contributed by atoms with Crippen LogP contribution < -0.4 is 9.47 Å². The van der Waals surface area contributed by atoms with E-state index in [4.69, 9.17) is 14.6 Å². The Labute approximate surface area is 176 Å². The van der Waals surface area contributed by atoms with Crippen molar-refractivity contribution in [3.05, 3.63) is 53.6 Å². The highest BCUT2D eigenvalue weighted by molar-refractivity contribution is 7.89. The molecule has 1 aliphatic rings. The molecule has 2 aromatic rings. The van der Waals surface area contributed by atoms with Gasteiger partial charge in [-0.05, 0) is 37.3 Å². The van der Waals surface area contributed by atoms with Crippen LogP contribution in [-0.4, -0.2) is 75.1 Å². The predicted octanol–water partition coefficient (Wildman–Crippen LogP) is 1.52. The summed E-state index contributed by atoms with van der Waals surface area (Å²) in [7, 11) is -2.09. The molecule has 1 fully saturated rings. The summed E-state index contributed by atoms with van der Waals surface area (Å²) in [6, 6.07) is 11.6. The van der Waals surface area contributed by atoms with Gasteiger partial charge in [0.05, 0.1) is 18.6 Å². The van der Waals surface area contributed by atoms with Gasteiger partial charge in [0.2, 0.25) is 10.0 Å². The van der Waals surface area contributed by atoms with E-state index in [-0.39, 0.29) is 37.1 Å². The normalized spacial score (nSPS) is 15.1. The average Bonchev–Trinajstić information content (AvgIpc) is 2.77. The van der Waals surface area contributed by atoms with Crippen LogP contribution in [0, 0.1) is 6.92 Å². The smallest absolute Gasteiger partial charge is 0.254 e. The van der Waals surface area contributed by atoms with Crippen LogP contribution in [0.3, 0.4) is 0 Å². The Hall–Kier alpha value is -2.62. The number of methoxy groups -OCH3 is 1. The van der Waals surface area contributed by atoms with Crippen molar-refractivity contribution in [1.29, 1.82) is 0 Å². The number of aliphatic hydroxyl groups excluding tert-OH is 1. The zero-order chi connectivity index (χ0) is 21.7. The Balaban J connectivity index is 1.69. The minimum Gasteiger partial charge on any atom is -0.493 e. The van der Waals surface area contributed by atoms with E-state index in [1.165, 1.54) is 11.4 Å². The third-order valence-corrected chi connectivity index (χ3v) is 6.86. The molecule has 1 amide bonds. The molecule has 0 aromatic heterocycles. The topological polar surface area (TPSA) is 96.4 Å². The summed E-state index contributed by atoms with van der Waals surface area (Å²) in [5.41, 5.74) is 1.41. The lowest BCUT2D eigenvalue weighted by atomic mass is 10.1. The summed E-state index contributed by atoms with van der Waals surface area (Å²) >= 11 is 0. The number of nitrogens with zero attached hydrogens (tertiary/aromatic N) is 2. The molecule has 1 heterocycles. The molecule has 1 saturated heterocycles. The number of carbonyl (C=O) groups excluding carboxylic acids is 1. The molecule has 30 heavy (non-hydrogen) atoms. The Bertz CT molecular complexity index is 983. The van der Waals surface area contributed by atoms with Crippen LogP contribution in [0.4, 0.5) is 0 Å². The summed E-state index contributed by atoms with van der Waals surface area (Å²) < 4.78 is 37.7. The molecule has 1 N–H and O–H groups in total. The fraction of sp³-hybridized carbons (Fsp3) is 0.381. The summed E-state index contributed by atoms with van der Waals surface area (Å²) in [6.07, 6.45) is 0. The Morgan fingerprint density at radius 3 is 2.30 bits per heavy atom. The molecular weight excluding hydrogens is 408 g/mol. The van der Waals surface area contributed by atoms with Gasteiger partial charge >= 0.3 is 0 Å². The summed E-state index contributed by atoms with van der Waals surface area (Å²) in [6.45, 7) is 2.88. The van der Waals surface area contributed by atoms with Crippen molar-refractivity contribution in [3.8, 4) is 11.5 Å². The Morgan fingerprint density at radius 1 is 1.03 bits per heavy atom. The number of aliphatic hydroxyl groups is 1. The standard InChI is InChI=1S/C21H26N2O6S/c1-16-3-6-18(7-4-16)30(26,27)23-11-9-22(10-12-23)21(25)17-5-8-19(28-2)20(15-17)29-14-13-24/h3-8,15,24H,9-14H2,1-2H3. The molecule has 0 spiro atoms. The van der Waals surface area contributed by atoms with E-state index in [1.807, 2.05) is 6.92 Å². The largest absolute Gasteiger partial charge is 0.493 e. The van der Waals surface area contributed by atoms with E-state index in [9.17, 15) is 13.2 Å². The molecule has 2 aromatic carbocycles. The number of carbonyl (C=O) groups is 1. The molecule has 0 saturated carbocycles. The van der Waals surface area contributed by atoms with E-state index in [0.29, 0.717) is 30.2 Å². The van der Waals surface area contributed by atoms with Crippen LogP contribution in [0.1, 0.15) is 15.9 Å². The van der Waals surface area contributed by atoms with Crippen LogP contribution >= 0.6 is 0 Å². The SMILES string of the molecule is COc1ccc(C(=O)N2CCN(S(=O)(=O)c3ccc(C)cc3)CC2)cc1OCCO. The molecule has 9 heteroatoms. The van der Waals surface area contributed by atoms with E-state index in [2.05, 4.69) is 0 Å². The van der Waals surface area contributed by atoms with Crippen molar-refractivity contribution in [1.82, 2.24) is 9.21 Å². The zero-order valence-electron chi connectivity index (χ0n) is 17.1. The second-order valence-electron chi connectivity index (χ2n) is 6.95. The first-order valence-corrected chi connectivity index (χ1v) is 11.1. The lowest BCUT2D eigenvalue weighted by molar-refractivity contribution is 0.0697. The Morgan fingerprint density at radius 2 is 1.70 bits per heavy atom. The van der Waals surface area contributed by atoms with Gasteiger partial charge in [-0.3, -0.25) is 4.79 Å². The number of hydrogen-bond donors (Lipinski definition) is 1. The predicted molar refractivity (Wildman–Crippen MR) is 111 cm³/mol. The van der Waals surface area contributed by atoms with Crippen molar-refractivity contribution in [3.63, 3.8) is 0 Å². The van der Waals surface area contributed by atoms with Gasteiger partial charge in [-0.25, -0.2) is 8.42 Å². The monoisotopic (exact) mass is 434 g/mol. The van der Waals surface area contributed by atoms with Gasteiger partial charge in [-0.15, -0.1) is 0 Å². The fourth-order valence-corrected chi connectivity index (χ4v) is 4.67. The van der Waals surface area contributed by atoms with Crippen molar-refractivity contribution in [2.45, 2.75) is 11.8 Å². The molecule has 3 rings (SSSR count). The van der Waals surface area contributed by atoms with E-state index < -0.39 is 10.0 Å². The second kappa shape index (κ2) is 9.46. The van der Waals surface area contributed by atoms with E-state index in [0.717, 1.165) is 5.56 Å². The molecule has 1 aliphatic heterocycles. The highest BCUT2D eigenvalue weighted by atomic mass is 32.2. The maximum Gasteiger partial charge on any atom is 0.254 e. The molecule has 0 bridgehead atoms. The molecule has 0 radical (unpaired) electrons. The van der Waals surface area contributed by atoms with Crippen LogP contribution in [0.15, 0.2) is 47.4 Å². The Kier molecular flexibility index (Phi) is 6.96. The minimum absolute atomic E-state index is 0.0869. The number of ether oxygens (including phenoxy) is 2. The van der Waals surface area contributed by atoms with Gasteiger partial charge in [-0.1, -0.05) is 17.7 Å². The van der Waals surface area contributed by atoms with Crippen molar-refractivity contribution in [2.24, 2.45) is 0 Å². The van der Waals surface area contributed by atoms with Crippen molar-refractivity contribution >= 4 is 15.9 Å². The van der Waals surface area contributed by atoms with Crippen LogP contribution in [-0.2, 0) is 10.0 Å². The maximum atomic E-state index is 12.9. The number of piperazine rings is 1. The highest BCUT2D eigenvalue weighted by Gasteiger charge is 2.30. The fourth-order valence-electron chi connectivity index (χ4n) is 3.25. The number of benzene rings is 2. The van der Waals surface area contributed by atoms with E-state index in [1.54, 1.807) is 47.4 Å². The zero-order valence-corrected chi connectivity index (χ0v) is 17.9. The molecule has 0 atom stereocenters. The summed E-state index contributed by atoms with van der Waals surface area (Å²) in [5, 5.41) is 8.97. The third-order valence-electron chi connectivity index (χ3n) is 4.94. The van der Waals surface area contributed by atoms with Gasteiger partial charge in [0, 0.05) is 31.7 Å². The minimum atomic E-state index is -3.58. The van der Waals surface area contributed by atoms with Gasteiger partial charge in [0.15, 0.2) is 11.5 Å². The quantitative estimate of drug-likeness (QED) is 0.710. The third kappa shape index (κ3) is 4.75. The molecule has 8 nitrogen and oxygen atoms in total. The van der Waals surface area contributed by atoms with Crippen molar-refractivity contribution in [2.75, 3.05) is 46.5 Å². The van der Waals surface area contributed by atoms with Gasteiger partial charge in [0.25, 0.3) is 5.91 Å². The first-order chi connectivity index (χ1) is 14.4. The lowest BCUT2D eigenvalue weighted by Crippen LogP contribution is -2.50. The number of sulfonamides is 1. The number of aryl methyl sites for hydroxylation is 1. The molecule has 162 valence electrons. The first-order valence-electron chi connectivity index (χ1n) is 9.64. The van der Waals surface area contributed by atoms with Gasteiger partial charge < -0.3 is 19.5 Å². The molecular formula is C21H26N2O6S. The molecule has 0 aliphatic carbocycles. The van der Waals surface area contributed by atoms with Gasteiger partial charge in [0.1, 0.15) is 6.61 Å². The van der Waals surface area contributed by atoms with Crippen LogP contribution in [0.5, 0.6) is 11.5 Å². The number of hydrogen-bond acceptors (Lipinski definition) is 6. The van der Waals surface area contributed by atoms with E-state index >= 15 is 0 Å². The first kappa shape index (κ1) is 22.1. The molecule has 0 unspecified atom stereocenters. The van der Waals surface area contributed by atoms with Crippen molar-refractivity contribution < 1.29 is 27.8 Å². The number of rotatable bonds is 7. The average molecular weight is 435 g/mol. The summed E-state index contributed by atoms with van der Waals surface area (Å²) in [4.78, 5) is 14.8. The second-order valence-corrected chi connectivity index (χ2v) is 8.88.